The maximum atomic E-state index is 12.4. The highest BCUT2D eigenvalue weighted by molar-refractivity contribution is 7.09. The molecule has 0 unspecified atom stereocenters. The molecule has 1 aromatic heterocycles. The van der Waals surface area contributed by atoms with E-state index in [1.165, 1.54) is 5.56 Å². The first-order valence-corrected chi connectivity index (χ1v) is 7.42. The molecule has 3 rings (SSSR count). The third-order valence-electron chi connectivity index (χ3n) is 3.37. The van der Waals surface area contributed by atoms with Gasteiger partial charge >= 0.3 is 0 Å². The van der Waals surface area contributed by atoms with Crippen LogP contribution in [0.25, 0.3) is 0 Å². The molecule has 0 aliphatic carbocycles. The highest BCUT2D eigenvalue weighted by Gasteiger charge is 2.18. The normalized spacial score (nSPS) is 13.7. The molecular formula is C15H16N2OS. The molecule has 98 valence electrons. The van der Waals surface area contributed by atoms with Crippen LogP contribution < -0.4 is 5.32 Å². The molecule has 4 heteroatoms. The number of thiazole rings is 1. The summed E-state index contributed by atoms with van der Waals surface area (Å²) >= 11 is 1.56. The Morgan fingerprint density at radius 1 is 1.47 bits per heavy atom. The summed E-state index contributed by atoms with van der Waals surface area (Å²) in [7, 11) is 0. The molecule has 1 N–H and O–H groups in total. The molecule has 0 amide bonds. The molecule has 0 radical (unpaired) electrons. The van der Waals surface area contributed by atoms with Crippen LogP contribution in [0, 0.1) is 6.92 Å². The fourth-order valence-corrected chi connectivity index (χ4v) is 3.26. The van der Waals surface area contributed by atoms with Crippen LogP contribution in [0.2, 0.25) is 0 Å². The maximum absolute atomic E-state index is 12.4. The SMILES string of the molecule is Cc1csc(CC(=O)c2cccc3c2CCCN3)n1. The number of carbonyl (C=O) groups excluding carboxylic acids is 1. The van der Waals surface area contributed by atoms with Crippen LogP contribution in [0.15, 0.2) is 23.6 Å². The van der Waals surface area contributed by atoms with Gasteiger partial charge in [0.1, 0.15) is 5.01 Å². The van der Waals surface area contributed by atoms with E-state index >= 15 is 0 Å². The third-order valence-corrected chi connectivity index (χ3v) is 4.34. The summed E-state index contributed by atoms with van der Waals surface area (Å²) in [5.74, 6) is 0.176. The first kappa shape index (κ1) is 12.4. The molecular weight excluding hydrogens is 256 g/mol. The van der Waals surface area contributed by atoms with Gasteiger partial charge in [0.05, 0.1) is 6.42 Å². The van der Waals surface area contributed by atoms with Crippen LogP contribution in [0.4, 0.5) is 5.69 Å². The number of anilines is 1. The number of carbonyl (C=O) groups is 1. The minimum atomic E-state index is 0.176. The van der Waals surface area contributed by atoms with Crippen LogP contribution in [-0.4, -0.2) is 17.3 Å². The fourth-order valence-electron chi connectivity index (χ4n) is 2.49. The van der Waals surface area contributed by atoms with Gasteiger partial charge in [-0.15, -0.1) is 11.3 Å². The van der Waals surface area contributed by atoms with Crippen molar-refractivity contribution in [2.45, 2.75) is 26.2 Å². The average molecular weight is 272 g/mol. The average Bonchev–Trinajstić information content (AvgIpc) is 2.83. The Morgan fingerprint density at radius 2 is 2.37 bits per heavy atom. The Morgan fingerprint density at radius 3 is 3.16 bits per heavy atom. The number of nitrogens with one attached hydrogen (secondary N) is 1. The van der Waals surface area contributed by atoms with E-state index in [0.717, 1.165) is 41.3 Å². The molecule has 0 fully saturated rings. The van der Waals surface area contributed by atoms with Crippen molar-refractivity contribution in [3.8, 4) is 0 Å². The molecule has 0 bridgehead atoms. The summed E-state index contributed by atoms with van der Waals surface area (Å²) in [6.45, 7) is 2.95. The van der Waals surface area contributed by atoms with Gasteiger partial charge in [0.25, 0.3) is 0 Å². The first-order chi connectivity index (χ1) is 9.24. The van der Waals surface area contributed by atoms with Crippen LogP contribution in [0.5, 0.6) is 0 Å². The van der Waals surface area contributed by atoms with Crippen molar-refractivity contribution < 1.29 is 4.79 Å². The van der Waals surface area contributed by atoms with E-state index in [4.69, 9.17) is 0 Å². The predicted molar refractivity (Wildman–Crippen MR) is 78.1 cm³/mol. The van der Waals surface area contributed by atoms with Crippen LogP contribution in [0.1, 0.15) is 33.0 Å². The molecule has 2 aromatic rings. The van der Waals surface area contributed by atoms with E-state index in [1.54, 1.807) is 11.3 Å². The number of aromatic nitrogens is 1. The molecule has 1 aliphatic rings. The summed E-state index contributed by atoms with van der Waals surface area (Å²) in [6.07, 6.45) is 2.49. The molecule has 0 spiro atoms. The van der Waals surface area contributed by atoms with Crippen molar-refractivity contribution in [3.63, 3.8) is 0 Å². The highest BCUT2D eigenvalue weighted by Crippen LogP contribution is 2.26. The summed E-state index contributed by atoms with van der Waals surface area (Å²) in [5.41, 5.74) is 4.14. The Balaban J connectivity index is 1.87. The summed E-state index contributed by atoms with van der Waals surface area (Å²) < 4.78 is 0. The topological polar surface area (TPSA) is 42.0 Å². The van der Waals surface area contributed by atoms with Gasteiger partial charge in [0, 0.05) is 28.9 Å². The van der Waals surface area contributed by atoms with Crippen molar-refractivity contribution in [2.75, 3.05) is 11.9 Å². The standard InChI is InChI=1S/C15H16N2OS/c1-10-9-19-15(17-10)8-14(18)12-4-2-6-13-11(12)5-3-7-16-13/h2,4,6,9,16H,3,5,7-8H2,1H3. The summed E-state index contributed by atoms with van der Waals surface area (Å²) in [4.78, 5) is 16.8. The smallest absolute Gasteiger partial charge is 0.170 e. The Labute approximate surface area is 116 Å². The quantitative estimate of drug-likeness (QED) is 0.872. The van der Waals surface area contributed by atoms with Crippen molar-refractivity contribution in [1.29, 1.82) is 0 Å². The molecule has 0 atom stereocenters. The second-order valence-electron chi connectivity index (χ2n) is 4.84. The zero-order valence-corrected chi connectivity index (χ0v) is 11.7. The van der Waals surface area contributed by atoms with Crippen molar-refractivity contribution >= 4 is 22.8 Å². The number of benzene rings is 1. The number of nitrogens with zero attached hydrogens (tertiary/aromatic N) is 1. The minimum Gasteiger partial charge on any atom is -0.385 e. The first-order valence-electron chi connectivity index (χ1n) is 6.54. The molecule has 0 saturated carbocycles. The number of rotatable bonds is 3. The van der Waals surface area contributed by atoms with Gasteiger partial charge in [-0.25, -0.2) is 4.98 Å². The molecule has 1 aliphatic heterocycles. The number of Topliss-reactive ketones (excluding diaryl/α,β-unsaturated/α-hetero) is 1. The molecule has 2 heterocycles. The lowest BCUT2D eigenvalue weighted by molar-refractivity contribution is 0.0992. The molecule has 1 aromatic carbocycles. The Hall–Kier alpha value is -1.68. The lowest BCUT2D eigenvalue weighted by Gasteiger charge is -2.20. The lowest BCUT2D eigenvalue weighted by atomic mass is 9.94. The number of hydrogen-bond acceptors (Lipinski definition) is 4. The largest absolute Gasteiger partial charge is 0.385 e. The third kappa shape index (κ3) is 2.54. The van der Waals surface area contributed by atoms with Crippen molar-refractivity contribution in [2.24, 2.45) is 0 Å². The van der Waals surface area contributed by atoms with E-state index in [2.05, 4.69) is 16.4 Å². The number of fused-ring (bicyclic) bond motifs is 1. The van der Waals surface area contributed by atoms with E-state index in [-0.39, 0.29) is 5.78 Å². The van der Waals surface area contributed by atoms with Crippen molar-refractivity contribution in [1.82, 2.24) is 4.98 Å². The Kier molecular flexibility index (Phi) is 3.34. The van der Waals surface area contributed by atoms with Gasteiger partial charge in [-0.3, -0.25) is 4.79 Å². The van der Waals surface area contributed by atoms with Gasteiger partial charge in [-0.1, -0.05) is 12.1 Å². The monoisotopic (exact) mass is 272 g/mol. The van der Waals surface area contributed by atoms with Crippen molar-refractivity contribution in [3.05, 3.63) is 45.4 Å². The van der Waals surface area contributed by atoms with Gasteiger partial charge in [-0.2, -0.15) is 0 Å². The lowest BCUT2D eigenvalue weighted by Crippen LogP contribution is -2.16. The van der Waals surface area contributed by atoms with E-state index in [0.29, 0.717) is 6.42 Å². The van der Waals surface area contributed by atoms with Crippen LogP contribution in [0.3, 0.4) is 0 Å². The second kappa shape index (κ2) is 5.13. The molecule has 19 heavy (non-hydrogen) atoms. The maximum Gasteiger partial charge on any atom is 0.170 e. The van der Waals surface area contributed by atoms with E-state index < -0.39 is 0 Å². The fraction of sp³-hybridized carbons (Fsp3) is 0.333. The zero-order valence-electron chi connectivity index (χ0n) is 10.9. The van der Waals surface area contributed by atoms with Gasteiger partial charge in [-0.05, 0) is 31.4 Å². The van der Waals surface area contributed by atoms with Crippen LogP contribution in [-0.2, 0) is 12.8 Å². The zero-order chi connectivity index (χ0) is 13.2. The number of hydrogen-bond donors (Lipinski definition) is 1. The van der Waals surface area contributed by atoms with E-state index in [1.807, 2.05) is 24.4 Å². The number of aryl methyl sites for hydroxylation is 1. The van der Waals surface area contributed by atoms with Crippen LogP contribution >= 0.6 is 11.3 Å². The number of ketones is 1. The van der Waals surface area contributed by atoms with Gasteiger partial charge in [0.2, 0.25) is 0 Å². The van der Waals surface area contributed by atoms with Gasteiger partial charge < -0.3 is 5.32 Å². The molecule has 3 nitrogen and oxygen atoms in total. The molecule has 0 saturated heterocycles. The van der Waals surface area contributed by atoms with E-state index in [9.17, 15) is 4.79 Å². The highest BCUT2D eigenvalue weighted by atomic mass is 32.1. The summed E-state index contributed by atoms with van der Waals surface area (Å²) in [5, 5.41) is 6.26. The predicted octanol–water partition coefficient (Wildman–Crippen LogP) is 3.24. The Bertz CT molecular complexity index is 618. The summed E-state index contributed by atoms with van der Waals surface area (Å²) in [6, 6.07) is 5.95. The second-order valence-corrected chi connectivity index (χ2v) is 5.79. The minimum absolute atomic E-state index is 0.176. The van der Waals surface area contributed by atoms with Gasteiger partial charge in [0.15, 0.2) is 5.78 Å².